The molecule has 0 radical (unpaired) electrons. The molecule has 11 heteroatoms. The Kier molecular flexibility index (Phi) is 5.70. The summed E-state index contributed by atoms with van der Waals surface area (Å²) >= 11 is 6.76. The summed E-state index contributed by atoms with van der Waals surface area (Å²) in [6.45, 7) is 0.422. The van der Waals surface area contributed by atoms with Crippen molar-refractivity contribution in [1.82, 2.24) is 10.1 Å². The van der Waals surface area contributed by atoms with E-state index in [1.165, 1.54) is 26.4 Å². The van der Waals surface area contributed by atoms with Gasteiger partial charge in [-0.05, 0) is 35.9 Å². The lowest BCUT2D eigenvalue weighted by Gasteiger charge is -2.15. The molecule has 0 unspecified atom stereocenters. The highest BCUT2D eigenvalue weighted by atomic mass is 35.5. The summed E-state index contributed by atoms with van der Waals surface area (Å²) in [7, 11) is -1.40. The maximum atomic E-state index is 13.3. The van der Waals surface area contributed by atoms with Crippen LogP contribution in [0.2, 0.25) is 0 Å². The minimum absolute atomic E-state index is 0.00313. The first-order chi connectivity index (χ1) is 16.4. The van der Waals surface area contributed by atoms with Crippen LogP contribution in [-0.4, -0.2) is 39.4 Å². The van der Waals surface area contributed by atoms with Gasteiger partial charge in [0.15, 0.2) is 16.3 Å². The lowest BCUT2D eigenvalue weighted by molar-refractivity contribution is 0.360. The van der Waals surface area contributed by atoms with E-state index in [0.29, 0.717) is 35.4 Å². The summed E-state index contributed by atoms with van der Waals surface area (Å²) in [4.78, 5) is 4.19. The number of hydrogen-bond donors (Lipinski definition) is 1. The molecule has 2 aromatic carbocycles. The minimum atomic E-state index is -4.16. The number of pyridine rings is 1. The van der Waals surface area contributed by atoms with Crippen LogP contribution < -0.4 is 18.9 Å². The molecule has 0 saturated carbocycles. The zero-order valence-corrected chi connectivity index (χ0v) is 19.8. The molecule has 0 spiro atoms. The van der Waals surface area contributed by atoms with Crippen LogP contribution >= 0.6 is 11.6 Å². The maximum Gasteiger partial charge on any atom is 0.270 e. The average molecular weight is 502 g/mol. The van der Waals surface area contributed by atoms with Crippen molar-refractivity contribution >= 4 is 38.4 Å². The minimum Gasteiger partial charge on any atom is -0.495 e. The van der Waals surface area contributed by atoms with Crippen LogP contribution in [0.1, 0.15) is 22.2 Å². The number of anilines is 1. The van der Waals surface area contributed by atoms with Crippen molar-refractivity contribution in [3.8, 4) is 17.2 Å². The molecule has 1 aliphatic rings. The van der Waals surface area contributed by atoms with Crippen LogP contribution in [0.4, 0.5) is 5.82 Å². The third-order valence-corrected chi connectivity index (χ3v) is 7.42. The summed E-state index contributed by atoms with van der Waals surface area (Å²) in [5.74, 6) is 0.740. The number of rotatable bonds is 7. The second kappa shape index (κ2) is 8.69. The van der Waals surface area contributed by atoms with E-state index in [0.717, 1.165) is 11.1 Å². The highest BCUT2D eigenvalue weighted by molar-refractivity contribution is 7.93. The van der Waals surface area contributed by atoms with Gasteiger partial charge in [0.1, 0.15) is 28.0 Å². The van der Waals surface area contributed by atoms with Gasteiger partial charge in [-0.3, -0.25) is 9.71 Å². The van der Waals surface area contributed by atoms with Crippen LogP contribution in [0.3, 0.4) is 0 Å². The first-order valence-corrected chi connectivity index (χ1v) is 12.2. The molecule has 0 amide bonds. The van der Waals surface area contributed by atoms with Gasteiger partial charge in [0, 0.05) is 18.2 Å². The van der Waals surface area contributed by atoms with E-state index in [9.17, 15) is 8.42 Å². The van der Waals surface area contributed by atoms with E-state index in [1.54, 1.807) is 18.3 Å². The van der Waals surface area contributed by atoms with Crippen molar-refractivity contribution in [2.75, 3.05) is 25.5 Å². The normalized spacial score (nSPS) is 13.9. The Hall–Kier alpha value is -3.50. The molecule has 1 N–H and O–H groups in total. The Morgan fingerprint density at radius 3 is 2.56 bits per heavy atom. The van der Waals surface area contributed by atoms with Gasteiger partial charge in [-0.25, -0.2) is 8.42 Å². The first kappa shape index (κ1) is 22.3. The molecule has 5 rings (SSSR count). The number of methoxy groups -OCH3 is 2. The van der Waals surface area contributed by atoms with Crippen molar-refractivity contribution < 1.29 is 27.2 Å². The van der Waals surface area contributed by atoms with Crippen molar-refractivity contribution in [1.29, 1.82) is 0 Å². The third kappa shape index (κ3) is 3.68. The van der Waals surface area contributed by atoms with E-state index < -0.39 is 15.4 Å². The molecule has 0 saturated heterocycles. The summed E-state index contributed by atoms with van der Waals surface area (Å²) in [5.41, 5.74) is 2.65. The van der Waals surface area contributed by atoms with Crippen molar-refractivity contribution in [2.24, 2.45) is 0 Å². The molecule has 176 valence electrons. The summed E-state index contributed by atoms with van der Waals surface area (Å²) in [6, 6.07) is 12.0. The Morgan fingerprint density at radius 1 is 1.12 bits per heavy atom. The second-order valence-electron chi connectivity index (χ2n) is 7.49. The van der Waals surface area contributed by atoms with Crippen molar-refractivity contribution in [3.05, 3.63) is 65.5 Å². The number of benzene rings is 2. The van der Waals surface area contributed by atoms with Crippen molar-refractivity contribution in [2.45, 2.75) is 16.7 Å². The number of hydrogen-bond acceptors (Lipinski definition) is 8. The van der Waals surface area contributed by atoms with E-state index in [2.05, 4.69) is 14.9 Å². The SMILES string of the molecule is COc1cccc(OC)c1S(=O)(=O)Nc1noc2cc([C@H](Cl)c3ccccn3)c3c(c12)OCC3. The Morgan fingerprint density at radius 2 is 1.88 bits per heavy atom. The monoisotopic (exact) mass is 501 g/mol. The van der Waals surface area contributed by atoms with Gasteiger partial charge in [0.25, 0.3) is 10.0 Å². The number of nitrogens with zero attached hydrogens (tertiary/aromatic N) is 2. The van der Waals surface area contributed by atoms with Gasteiger partial charge < -0.3 is 18.7 Å². The molecular weight excluding hydrogens is 482 g/mol. The molecule has 34 heavy (non-hydrogen) atoms. The molecule has 3 heterocycles. The fraction of sp³-hybridized carbons (Fsp3) is 0.217. The van der Waals surface area contributed by atoms with Gasteiger partial charge in [-0.15, -0.1) is 11.6 Å². The molecule has 0 fully saturated rings. The first-order valence-electron chi connectivity index (χ1n) is 10.3. The predicted molar refractivity (Wildman–Crippen MR) is 125 cm³/mol. The number of fused-ring (bicyclic) bond motifs is 3. The average Bonchev–Trinajstić information content (AvgIpc) is 3.49. The van der Waals surface area contributed by atoms with Crippen LogP contribution in [0.5, 0.6) is 17.2 Å². The maximum absolute atomic E-state index is 13.3. The summed E-state index contributed by atoms with van der Waals surface area (Å²) in [6.07, 6.45) is 2.28. The Bertz CT molecular complexity index is 1450. The quantitative estimate of drug-likeness (QED) is 0.373. The lowest BCUT2D eigenvalue weighted by Crippen LogP contribution is -2.15. The van der Waals surface area contributed by atoms with Gasteiger partial charge in [-0.1, -0.05) is 17.3 Å². The third-order valence-electron chi connectivity index (χ3n) is 5.56. The highest BCUT2D eigenvalue weighted by Crippen LogP contribution is 2.45. The summed E-state index contributed by atoms with van der Waals surface area (Å²) < 4.78 is 51.1. The molecule has 0 aliphatic carbocycles. The Balaban J connectivity index is 1.61. The topological polar surface area (TPSA) is 113 Å². The summed E-state index contributed by atoms with van der Waals surface area (Å²) in [5, 5.41) is 3.86. The predicted octanol–water partition coefficient (Wildman–Crippen LogP) is 4.30. The highest BCUT2D eigenvalue weighted by Gasteiger charge is 2.32. The van der Waals surface area contributed by atoms with Gasteiger partial charge >= 0.3 is 0 Å². The number of halogens is 1. The smallest absolute Gasteiger partial charge is 0.270 e. The van der Waals surface area contributed by atoms with Gasteiger partial charge in [0.2, 0.25) is 0 Å². The molecular formula is C23H20ClN3O6S. The zero-order chi connectivity index (χ0) is 23.9. The largest absolute Gasteiger partial charge is 0.495 e. The van der Waals surface area contributed by atoms with Crippen LogP contribution in [0, 0.1) is 0 Å². The van der Waals surface area contributed by atoms with Gasteiger partial charge in [0.05, 0.1) is 26.5 Å². The fourth-order valence-electron chi connectivity index (χ4n) is 4.04. The van der Waals surface area contributed by atoms with Crippen LogP contribution in [-0.2, 0) is 16.4 Å². The van der Waals surface area contributed by atoms with E-state index in [-0.39, 0.29) is 22.2 Å². The van der Waals surface area contributed by atoms with Crippen LogP contribution in [0.15, 0.2) is 58.1 Å². The van der Waals surface area contributed by atoms with E-state index in [4.69, 9.17) is 30.3 Å². The molecule has 1 aliphatic heterocycles. The van der Waals surface area contributed by atoms with Crippen LogP contribution in [0.25, 0.3) is 11.0 Å². The molecule has 0 bridgehead atoms. The second-order valence-corrected chi connectivity index (χ2v) is 9.55. The van der Waals surface area contributed by atoms with E-state index in [1.807, 2.05) is 18.2 Å². The fourth-order valence-corrected chi connectivity index (χ4v) is 5.70. The zero-order valence-electron chi connectivity index (χ0n) is 18.2. The molecule has 9 nitrogen and oxygen atoms in total. The van der Waals surface area contributed by atoms with Gasteiger partial charge in [-0.2, -0.15) is 0 Å². The molecule has 1 atom stereocenters. The Labute approximate surface area is 200 Å². The number of ether oxygens (including phenoxy) is 3. The molecule has 2 aromatic heterocycles. The van der Waals surface area contributed by atoms with Crippen molar-refractivity contribution in [3.63, 3.8) is 0 Å². The number of aromatic nitrogens is 2. The molecule has 4 aromatic rings. The number of sulfonamides is 1. The number of alkyl halides is 1. The standard InChI is InChI=1S/C23H20ClN3O6S/c1-30-16-7-5-8-17(31-2)22(16)34(28,29)27-23-19-18(33-26-23)12-14(13-9-11-32-21(13)19)20(24)15-6-3-4-10-25-15/h3-8,10,12,20H,9,11H2,1-2H3,(H,26,27)/t20-/m0/s1. The number of nitrogens with one attached hydrogen (secondary N) is 1. The van der Waals surface area contributed by atoms with E-state index >= 15 is 0 Å². The lowest BCUT2D eigenvalue weighted by atomic mass is 9.98.